The molecule has 0 radical (unpaired) electrons. The second kappa shape index (κ2) is 6.68. The van der Waals surface area contributed by atoms with Gasteiger partial charge in [0.2, 0.25) is 0 Å². The van der Waals surface area contributed by atoms with Gasteiger partial charge in [-0.3, -0.25) is 4.79 Å². The van der Waals surface area contributed by atoms with E-state index in [2.05, 4.69) is 21.2 Å². The molecular weight excluding hydrogens is 318 g/mol. The fourth-order valence-electron chi connectivity index (χ4n) is 1.96. The van der Waals surface area contributed by atoms with E-state index in [0.29, 0.717) is 17.7 Å². The molecule has 2 aromatic rings. The van der Waals surface area contributed by atoms with Gasteiger partial charge in [-0.25, -0.2) is 0 Å². The highest BCUT2D eigenvalue weighted by Gasteiger charge is 2.14. The maximum atomic E-state index is 12.3. The minimum absolute atomic E-state index is 0.201. The maximum Gasteiger partial charge on any atom is 0.256 e. The van der Waals surface area contributed by atoms with Crippen LogP contribution in [0.1, 0.15) is 35.4 Å². The lowest BCUT2D eigenvalue weighted by atomic mass is 10.0. The Balaban J connectivity index is 2.27. The Morgan fingerprint density at radius 2 is 1.85 bits per heavy atom. The number of aliphatic hydroxyl groups excluding tert-OH is 1. The van der Waals surface area contributed by atoms with Crippen molar-refractivity contribution >= 4 is 27.5 Å². The summed E-state index contributed by atoms with van der Waals surface area (Å²) in [7, 11) is 0. The van der Waals surface area contributed by atoms with Gasteiger partial charge in [-0.15, -0.1) is 0 Å². The fraction of sp³-hybridized carbons (Fsp3) is 0.188. The average molecular weight is 334 g/mol. The molecule has 2 aromatic carbocycles. The molecule has 1 amide bonds. The van der Waals surface area contributed by atoms with Crippen LogP contribution in [0.4, 0.5) is 5.69 Å². The molecule has 0 bridgehead atoms. The number of halogens is 1. The zero-order chi connectivity index (χ0) is 14.5. The molecule has 0 aromatic heterocycles. The minimum atomic E-state index is -0.578. The van der Waals surface area contributed by atoms with Gasteiger partial charge in [0.1, 0.15) is 0 Å². The molecule has 1 unspecified atom stereocenters. The van der Waals surface area contributed by atoms with Crippen molar-refractivity contribution < 1.29 is 9.90 Å². The van der Waals surface area contributed by atoms with Crippen molar-refractivity contribution in [1.29, 1.82) is 0 Å². The van der Waals surface area contributed by atoms with Crippen molar-refractivity contribution in [3.63, 3.8) is 0 Å². The summed E-state index contributed by atoms with van der Waals surface area (Å²) in [6, 6.07) is 14.5. The van der Waals surface area contributed by atoms with E-state index in [-0.39, 0.29) is 5.91 Å². The third kappa shape index (κ3) is 3.26. The highest BCUT2D eigenvalue weighted by Crippen LogP contribution is 2.26. The van der Waals surface area contributed by atoms with Crippen LogP contribution in [0.5, 0.6) is 0 Å². The number of hydrogen-bond acceptors (Lipinski definition) is 2. The number of para-hydroxylation sites is 1. The van der Waals surface area contributed by atoms with Gasteiger partial charge in [0.15, 0.2) is 0 Å². The van der Waals surface area contributed by atoms with Crippen LogP contribution >= 0.6 is 15.9 Å². The van der Waals surface area contributed by atoms with Crippen molar-refractivity contribution in [2.24, 2.45) is 0 Å². The normalized spacial score (nSPS) is 11.9. The van der Waals surface area contributed by atoms with Gasteiger partial charge in [0.05, 0.1) is 11.7 Å². The van der Waals surface area contributed by atoms with Crippen LogP contribution in [0.3, 0.4) is 0 Å². The average Bonchev–Trinajstić information content (AvgIpc) is 2.47. The van der Waals surface area contributed by atoms with E-state index < -0.39 is 6.10 Å². The molecule has 2 N–H and O–H groups in total. The second-order valence-corrected chi connectivity index (χ2v) is 5.30. The summed E-state index contributed by atoms with van der Waals surface area (Å²) in [5.74, 6) is -0.201. The van der Waals surface area contributed by atoms with Crippen molar-refractivity contribution in [1.82, 2.24) is 0 Å². The Morgan fingerprint density at radius 3 is 2.55 bits per heavy atom. The van der Waals surface area contributed by atoms with Gasteiger partial charge in [-0.2, -0.15) is 0 Å². The summed E-state index contributed by atoms with van der Waals surface area (Å²) in [5.41, 5.74) is 1.94. The molecule has 0 aliphatic carbocycles. The molecule has 0 aliphatic heterocycles. The molecule has 104 valence electrons. The van der Waals surface area contributed by atoms with Crippen molar-refractivity contribution in [2.45, 2.75) is 19.4 Å². The summed E-state index contributed by atoms with van der Waals surface area (Å²) in [6.45, 7) is 1.90. The first-order chi connectivity index (χ1) is 9.63. The Bertz CT molecular complexity index is 613. The van der Waals surface area contributed by atoms with Crippen molar-refractivity contribution in [3.8, 4) is 0 Å². The van der Waals surface area contributed by atoms with E-state index in [1.807, 2.05) is 43.3 Å². The predicted molar refractivity (Wildman–Crippen MR) is 83.8 cm³/mol. The smallest absolute Gasteiger partial charge is 0.256 e. The van der Waals surface area contributed by atoms with Crippen molar-refractivity contribution in [2.75, 3.05) is 5.32 Å². The monoisotopic (exact) mass is 333 g/mol. The number of rotatable bonds is 4. The van der Waals surface area contributed by atoms with Crippen LogP contribution in [0.2, 0.25) is 0 Å². The lowest BCUT2D eigenvalue weighted by Gasteiger charge is -2.15. The number of benzene rings is 2. The minimum Gasteiger partial charge on any atom is -0.388 e. The third-order valence-corrected chi connectivity index (χ3v) is 3.76. The summed E-state index contributed by atoms with van der Waals surface area (Å²) >= 11 is 3.36. The Morgan fingerprint density at radius 1 is 1.20 bits per heavy atom. The molecule has 4 heteroatoms. The topological polar surface area (TPSA) is 49.3 Å². The van der Waals surface area contributed by atoms with Crippen LogP contribution < -0.4 is 5.32 Å². The molecule has 3 nitrogen and oxygen atoms in total. The molecular formula is C16H16BrNO2. The van der Waals surface area contributed by atoms with E-state index in [0.717, 1.165) is 10.0 Å². The largest absolute Gasteiger partial charge is 0.388 e. The number of aliphatic hydroxyl groups is 1. The van der Waals surface area contributed by atoms with Gasteiger partial charge in [0.25, 0.3) is 5.91 Å². The lowest BCUT2D eigenvalue weighted by molar-refractivity contribution is 0.102. The number of nitrogens with one attached hydrogen (secondary N) is 1. The Labute approximate surface area is 126 Å². The zero-order valence-electron chi connectivity index (χ0n) is 11.1. The molecule has 2 rings (SSSR count). The summed E-state index contributed by atoms with van der Waals surface area (Å²) in [4.78, 5) is 12.3. The predicted octanol–water partition coefficient (Wildman–Crippen LogP) is 4.14. The van der Waals surface area contributed by atoms with Crippen LogP contribution in [0.25, 0.3) is 0 Å². The first-order valence-electron chi connectivity index (χ1n) is 6.46. The standard InChI is InChI=1S/C16H16BrNO2/c1-2-15(19)12-8-4-6-10-14(12)18-16(20)11-7-3-5-9-13(11)17/h3-10,15,19H,2H2,1H3,(H,18,20). The molecule has 0 saturated carbocycles. The molecule has 20 heavy (non-hydrogen) atoms. The van der Waals surface area contributed by atoms with Gasteiger partial charge < -0.3 is 10.4 Å². The molecule has 0 heterocycles. The Kier molecular flexibility index (Phi) is 4.93. The number of anilines is 1. The summed E-state index contributed by atoms with van der Waals surface area (Å²) < 4.78 is 0.742. The zero-order valence-corrected chi connectivity index (χ0v) is 12.7. The van der Waals surface area contributed by atoms with Crippen LogP contribution in [-0.2, 0) is 0 Å². The highest BCUT2D eigenvalue weighted by atomic mass is 79.9. The van der Waals surface area contributed by atoms with E-state index >= 15 is 0 Å². The van der Waals surface area contributed by atoms with Gasteiger partial charge in [-0.05, 0) is 40.5 Å². The highest BCUT2D eigenvalue weighted by molar-refractivity contribution is 9.10. The molecule has 0 spiro atoms. The van der Waals surface area contributed by atoms with Crippen molar-refractivity contribution in [3.05, 3.63) is 64.1 Å². The number of hydrogen-bond donors (Lipinski definition) is 2. The van der Waals surface area contributed by atoms with E-state index in [1.54, 1.807) is 12.1 Å². The lowest BCUT2D eigenvalue weighted by Crippen LogP contribution is -2.14. The molecule has 0 aliphatic rings. The van der Waals surface area contributed by atoms with Gasteiger partial charge in [-0.1, -0.05) is 37.3 Å². The summed E-state index contributed by atoms with van der Waals surface area (Å²) in [5, 5.41) is 12.8. The van der Waals surface area contributed by atoms with Gasteiger partial charge in [0, 0.05) is 15.7 Å². The van der Waals surface area contributed by atoms with E-state index in [1.165, 1.54) is 0 Å². The van der Waals surface area contributed by atoms with E-state index in [9.17, 15) is 9.90 Å². The SMILES string of the molecule is CCC(O)c1ccccc1NC(=O)c1ccccc1Br. The van der Waals surface area contributed by atoms with E-state index in [4.69, 9.17) is 0 Å². The van der Waals surface area contributed by atoms with Gasteiger partial charge >= 0.3 is 0 Å². The summed E-state index contributed by atoms with van der Waals surface area (Å²) in [6.07, 6.45) is 0.0211. The molecule has 0 saturated heterocycles. The fourth-order valence-corrected chi connectivity index (χ4v) is 2.42. The number of carbonyl (C=O) groups excluding carboxylic acids is 1. The maximum absolute atomic E-state index is 12.3. The second-order valence-electron chi connectivity index (χ2n) is 4.45. The first kappa shape index (κ1) is 14.8. The quantitative estimate of drug-likeness (QED) is 0.883. The first-order valence-corrected chi connectivity index (χ1v) is 7.25. The Hall–Kier alpha value is -1.65. The van der Waals surface area contributed by atoms with Crippen LogP contribution in [-0.4, -0.2) is 11.0 Å². The number of amides is 1. The van der Waals surface area contributed by atoms with Crippen LogP contribution in [0.15, 0.2) is 53.0 Å². The third-order valence-electron chi connectivity index (χ3n) is 3.07. The van der Waals surface area contributed by atoms with Crippen LogP contribution in [0, 0.1) is 0 Å². The molecule has 0 fully saturated rings. The number of carbonyl (C=O) groups is 1. The molecule has 1 atom stereocenters.